The minimum Gasteiger partial charge on any atom is -0.494 e. The lowest BCUT2D eigenvalue weighted by Crippen LogP contribution is -2.31. The zero-order valence-corrected chi connectivity index (χ0v) is 15.1. The van der Waals surface area contributed by atoms with Gasteiger partial charge in [0.15, 0.2) is 0 Å². The van der Waals surface area contributed by atoms with E-state index < -0.39 is 0 Å². The van der Waals surface area contributed by atoms with Gasteiger partial charge in [-0.2, -0.15) is 0 Å². The Kier molecular flexibility index (Phi) is 7.48. The van der Waals surface area contributed by atoms with Crippen molar-refractivity contribution in [1.82, 2.24) is 0 Å². The molecular formula is C21H30O3. The first-order valence-electron chi connectivity index (χ1n) is 9.41. The van der Waals surface area contributed by atoms with Crippen molar-refractivity contribution in [2.24, 2.45) is 11.8 Å². The van der Waals surface area contributed by atoms with Crippen molar-refractivity contribution >= 4 is 11.6 Å². The average Bonchev–Trinajstić information content (AvgIpc) is 2.57. The van der Waals surface area contributed by atoms with E-state index in [4.69, 9.17) is 4.74 Å². The predicted octanol–water partition coefficient (Wildman–Crippen LogP) is 4.76. The second-order valence-corrected chi connectivity index (χ2v) is 6.94. The molecule has 0 saturated heterocycles. The number of rotatable bonds is 9. The minimum absolute atomic E-state index is 0.0783. The van der Waals surface area contributed by atoms with E-state index in [1.807, 2.05) is 24.3 Å². The molecule has 0 bridgehead atoms. The van der Waals surface area contributed by atoms with Crippen LogP contribution in [0, 0.1) is 11.8 Å². The first-order valence-corrected chi connectivity index (χ1v) is 9.41. The van der Waals surface area contributed by atoms with Crippen molar-refractivity contribution in [2.45, 2.75) is 65.2 Å². The van der Waals surface area contributed by atoms with Crippen LogP contribution in [0.4, 0.5) is 0 Å². The molecule has 1 aliphatic carbocycles. The van der Waals surface area contributed by atoms with E-state index in [1.165, 1.54) is 0 Å². The molecular weight excluding hydrogens is 300 g/mol. The summed E-state index contributed by atoms with van der Waals surface area (Å²) in [7, 11) is 0. The monoisotopic (exact) mass is 330 g/mol. The van der Waals surface area contributed by atoms with Crippen molar-refractivity contribution in [3.05, 3.63) is 29.8 Å². The van der Waals surface area contributed by atoms with Crippen molar-refractivity contribution in [1.29, 1.82) is 0 Å². The summed E-state index contributed by atoms with van der Waals surface area (Å²) in [6.07, 6.45) is 7.07. The smallest absolute Gasteiger partial charge is 0.147 e. The van der Waals surface area contributed by atoms with Crippen LogP contribution in [0.2, 0.25) is 0 Å². The lowest BCUT2D eigenvalue weighted by atomic mass is 9.76. The maximum Gasteiger partial charge on any atom is 0.147 e. The highest BCUT2D eigenvalue weighted by molar-refractivity contribution is 6.03. The van der Waals surface area contributed by atoms with Crippen LogP contribution in [0.5, 0.6) is 5.75 Å². The normalized spacial score (nSPS) is 20.8. The first kappa shape index (κ1) is 18.7. The van der Waals surface area contributed by atoms with Crippen LogP contribution in [0.3, 0.4) is 0 Å². The molecule has 2 rings (SSSR count). The van der Waals surface area contributed by atoms with Gasteiger partial charge in [-0.05, 0) is 42.9 Å². The predicted molar refractivity (Wildman–Crippen MR) is 96.3 cm³/mol. The number of unbranched alkanes of at least 4 members (excludes halogenated alkanes) is 1. The Morgan fingerprint density at radius 1 is 1.12 bits per heavy atom. The van der Waals surface area contributed by atoms with Crippen molar-refractivity contribution < 1.29 is 14.3 Å². The fourth-order valence-electron chi connectivity index (χ4n) is 3.45. The van der Waals surface area contributed by atoms with Crippen LogP contribution in [0.25, 0.3) is 0 Å². The highest BCUT2D eigenvalue weighted by Gasteiger charge is 2.32. The Bertz CT molecular complexity index is 533. The number of ketones is 2. The van der Waals surface area contributed by atoms with E-state index in [0.29, 0.717) is 18.8 Å². The van der Waals surface area contributed by atoms with Gasteiger partial charge in [-0.25, -0.2) is 0 Å². The Hall–Kier alpha value is -1.64. The molecule has 1 aromatic carbocycles. The van der Waals surface area contributed by atoms with E-state index in [1.54, 1.807) is 0 Å². The lowest BCUT2D eigenvalue weighted by Gasteiger charge is -2.26. The van der Waals surface area contributed by atoms with Crippen LogP contribution in [-0.4, -0.2) is 18.2 Å². The Labute approximate surface area is 145 Å². The van der Waals surface area contributed by atoms with E-state index in [-0.39, 0.29) is 17.5 Å². The summed E-state index contributed by atoms with van der Waals surface area (Å²) in [5.74, 6) is 1.19. The van der Waals surface area contributed by atoms with Gasteiger partial charge in [0.05, 0.1) is 12.5 Å². The lowest BCUT2D eigenvalue weighted by molar-refractivity contribution is -0.135. The molecule has 1 aliphatic rings. The van der Waals surface area contributed by atoms with Crippen LogP contribution < -0.4 is 4.74 Å². The van der Waals surface area contributed by atoms with Gasteiger partial charge in [0.2, 0.25) is 0 Å². The Balaban J connectivity index is 1.84. The highest BCUT2D eigenvalue weighted by Crippen LogP contribution is 2.30. The summed E-state index contributed by atoms with van der Waals surface area (Å²) in [5.41, 5.74) is 0.964. The third-order valence-corrected chi connectivity index (χ3v) is 4.90. The van der Waals surface area contributed by atoms with E-state index in [0.717, 1.165) is 56.4 Å². The molecule has 3 nitrogen and oxygen atoms in total. The van der Waals surface area contributed by atoms with Crippen LogP contribution in [0.1, 0.15) is 64.4 Å². The molecule has 0 amide bonds. The molecule has 2 unspecified atom stereocenters. The molecule has 1 fully saturated rings. The molecule has 0 radical (unpaired) electrons. The van der Waals surface area contributed by atoms with Crippen molar-refractivity contribution in [2.75, 3.05) is 6.61 Å². The zero-order chi connectivity index (χ0) is 17.4. The van der Waals surface area contributed by atoms with Crippen molar-refractivity contribution in [3.63, 3.8) is 0 Å². The van der Waals surface area contributed by atoms with E-state index in [9.17, 15) is 9.59 Å². The molecule has 1 saturated carbocycles. The summed E-state index contributed by atoms with van der Waals surface area (Å²) in [4.78, 5) is 24.8. The molecule has 0 aliphatic heterocycles. The summed E-state index contributed by atoms with van der Waals surface area (Å²) in [6, 6.07) is 7.70. The average molecular weight is 330 g/mol. The molecule has 0 aromatic heterocycles. The third-order valence-electron chi connectivity index (χ3n) is 4.90. The molecule has 1 aromatic rings. The van der Waals surface area contributed by atoms with Crippen LogP contribution in [-0.2, 0) is 16.0 Å². The van der Waals surface area contributed by atoms with E-state index >= 15 is 0 Å². The standard InChI is InChI=1S/C21H30O3/c1-3-5-13-24-18-10-7-17(8-11-18)15-21(23)19-12-9-16(6-4-2)14-20(19)22/h7-8,10-11,16,19H,3-6,9,12-15H2,1-2H3. The molecule has 3 heteroatoms. The number of carbonyl (C=O) groups excluding carboxylic acids is 2. The number of ether oxygens (including phenoxy) is 1. The Morgan fingerprint density at radius 3 is 2.50 bits per heavy atom. The van der Waals surface area contributed by atoms with Gasteiger partial charge < -0.3 is 4.74 Å². The summed E-state index contributed by atoms with van der Waals surface area (Å²) in [6.45, 7) is 5.01. The number of hydrogen-bond donors (Lipinski definition) is 0. The second kappa shape index (κ2) is 9.61. The third kappa shape index (κ3) is 5.47. The van der Waals surface area contributed by atoms with Crippen LogP contribution >= 0.6 is 0 Å². The topological polar surface area (TPSA) is 43.4 Å². The van der Waals surface area contributed by atoms with E-state index in [2.05, 4.69) is 13.8 Å². The highest BCUT2D eigenvalue weighted by atomic mass is 16.5. The van der Waals surface area contributed by atoms with Gasteiger partial charge in [0.1, 0.15) is 17.3 Å². The summed E-state index contributed by atoms with van der Waals surface area (Å²) < 4.78 is 5.64. The quantitative estimate of drug-likeness (QED) is 0.484. The minimum atomic E-state index is -0.376. The first-order chi connectivity index (χ1) is 11.6. The van der Waals surface area contributed by atoms with Gasteiger partial charge in [0.25, 0.3) is 0 Å². The SMILES string of the molecule is CCCCOc1ccc(CC(=O)C2CCC(CCC)CC2=O)cc1. The van der Waals surface area contributed by atoms with Gasteiger partial charge in [-0.15, -0.1) is 0 Å². The molecule has 0 N–H and O–H groups in total. The number of benzene rings is 1. The van der Waals surface area contributed by atoms with Crippen molar-refractivity contribution in [3.8, 4) is 5.75 Å². The summed E-state index contributed by atoms with van der Waals surface area (Å²) >= 11 is 0. The largest absolute Gasteiger partial charge is 0.494 e. The van der Waals surface area contributed by atoms with Gasteiger partial charge in [-0.3, -0.25) is 9.59 Å². The fourth-order valence-corrected chi connectivity index (χ4v) is 3.45. The van der Waals surface area contributed by atoms with Gasteiger partial charge in [0, 0.05) is 12.8 Å². The van der Waals surface area contributed by atoms with Gasteiger partial charge in [-0.1, -0.05) is 45.2 Å². The number of hydrogen-bond acceptors (Lipinski definition) is 3. The molecule has 0 heterocycles. The maximum atomic E-state index is 12.5. The second-order valence-electron chi connectivity index (χ2n) is 6.94. The Morgan fingerprint density at radius 2 is 1.88 bits per heavy atom. The summed E-state index contributed by atoms with van der Waals surface area (Å²) in [5, 5.41) is 0. The fraction of sp³-hybridized carbons (Fsp3) is 0.619. The molecule has 24 heavy (non-hydrogen) atoms. The maximum absolute atomic E-state index is 12.5. The number of Topliss-reactive ketones (excluding diaryl/α,β-unsaturated/α-hetero) is 2. The van der Waals surface area contributed by atoms with Gasteiger partial charge >= 0.3 is 0 Å². The molecule has 132 valence electrons. The molecule has 2 atom stereocenters. The molecule has 0 spiro atoms. The van der Waals surface area contributed by atoms with Crippen LogP contribution in [0.15, 0.2) is 24.3 Å². The zero-order valence-electron chi connectivity index (χ0n) is 15.1. The number of carbonyl (C=O) groups is 2.